The van der Waals surface area contributed by atoms with E-state index in [-0.39, 0.29) is 12.4 Å². The van der Waals surface area contributed by atoms with Crippen LogP contribution in [0.3, 0.4) is 0 Å². The van der Waals surface area contributed by atoms with Crippen molar-refractivity contribution in [1.29, 1.82) is 0 Å². The van der Waals surface area contributed by atoms with Gasteiger partial charge in [0, 0.05) is 19.3 Å². The summed E-state index contributed by atoms with van der Waals surface area (Å²) in [5.41, 5.74) is 12.3. The molecule has 0 fully saturated rings. The summed E-state index contributed by atoms with van der Waals surface area (Å²) in [6.07, 6.45) is 0. The normalized spacial score (nSPS) is 9.00. The molecule has 14 heavy (non-hydrogen) atoms. The Hall–Kier alpha value is -1.26. The largest absolute Gasteiger partial charge is 0.351 e. The predicted molar refractivity (Wildman–Crippen MR) is 59.6 cm³/mol. The minimum absolute atomic E-state index is 0. The van der Waals surface area contributed by atoms with Crippen LogP contribution in [0.15, 0.2) is 24.3 Å². The molecule has 0 aliphatic rings. The van der Waals surface area contributed by atoms with Crippen LogP contribution in [0.2, 0.25) is 0 Å². The van der Waals surface area contributed by atoms with Crippen LogP contribution in [0, 0.1) is 0 Å². The second kappa shape index (κ2) is 5.47. The number of nitrogens with zero attached hydrogens (tertiary/aromatic N) is 1. The smallest absolute Gasteiger partial charge is 0.318 e. The van der Waals surface area contributed by atoms with Crippen LogP contribution in [-0.4, -0.2) is 13.1 Å². The van der Waals surface area contributed by atoms with E-state index in [9.17, 15) is 4.79 Å². The lowest BCUT2D eigenvalue weighted by atomic mass is 10.2. The van der Waals surface area contributed by atoms with Crippen LogP contribution < -0.4 is 16.4 Å². The van der Waals surface area contributed by atoms with Crippen molar-refractivity contribution in [3.05, 3.63) is 29.8 Å². The molecule has 0 atom stereocenters. The molecule has 0 radical (unpaired) electrons. The van der Waals surface area contributed by atoms with Gasteiger partial charge in [-0.25, -0.2) is 4.79 Å². The molecule has 1 rings (SSSR count). The number of anilines is 1. The number of carbonyl (C=O) groups excluding carboxylic acids is 1. The van der Waals surface area contributed by atoms with Crippen molar-refractivity contribution in [3.63, 3.8) is 0 Å². The van der Waals surface area contributed by atoms with Crippen molar-refractivity contribution in [2.24, 2.45) is 11.5 Å². The lowest BCUT2D eigenvalue weighted by molar-refractivity contribution is 0.255. The zero-order valence-corrected chi connectivity index (χ0v) is 8.75. The molecular formula is C9H14ClN3O. The highest BCUT2D eigenvalue weighted by Crippen LogP contribution is 2.13. The Labute approximate surface area is 89.3 Å². The molecule has 0 saturated heterocycles. The minimum Gasteiger partial charge on any atom is -0.351 e. The van der Waals surface area contributed by atoms with E-state index in [0.717, 1.165) is 11.3 Å². The number of nitrogens with two attached hydrogens (primary N) is 2. The van der Waals surface area contributed by atoms with Gasteiger partial charge in [0.05, 0.1) is 0 Å². The summed E-state index contributed by atoms with van der Waals surface area (Å²) in [4.78, 5) is 12.2. The first-order chi connectivity index (χ1) is 6.15. The maximum absolute atomic E-state index is 10.8. The summed E-state index contributed by atoms with van der Waals surface area (Å²) in [6, 6.07) is 6.92. The molecule has 0 aromatic heterocycles. The molecule has 0 saturated carbocycles. The molecule has 0 spiro atoms. The van der Waals surface area contributed by atoms with Gasteiger partial charge in [0.15, 0.2) is 0 Å². The summed E-state index contributed by atoms with van der Waals surface area (Å²) in [5, 5.41) is 0. The van der Waals surface area contributed by atoms with E-state index in [1.165, 1.54) is 4.90 Å². The van der Waals surface area contributed by atoms with Gasteiger partial charge in [-0.05, 0) is 17.7 Å². The number of hydrogen-bond acceptors (Lipinski definition) is 2. The Morgan fingerprint density at radius 3 is 2.64 bits per heavy atom. The van der Waals surface area contributed by atoms with Crippen LogP contribution >= 0.6 is 12.4 Å². The number of halogens is 1. The zero-order valence-electron chi connectivity index (χ0n) is 7.93. The molecule has 2 amide bonds. The Bertz CT molecular complexity index is 317. The SMILES string of the molecule is CN(C(N)=O)c1cccc(CN)c1.Cl. The quantitative estimate of drug-likeness (QED) is 0.775. The van der Waals surface area contributed by atoms with Crippen molar-refractivity contribution < 1.29 is 4.79 Å². The molecule has 0 bridgehead atoms. The molecule has 4 nitrogen and oxygen atoms in total. The fourth-order valence-corrected chi connectivity index (χ4v) is 1.02. The van der Waals surface area contributed by atoms with Crippen LogP contribution in [0.5, 0.6) is 0 Å². The van der Waals surface area contributed by atoms with Gasteiger partial charge in [0.2, 0.25) is 0 Å². The average molecular weight is 216 g/mol. The number of primary amides is 1. The first-order valence-corrected chi connectivity index (χ1v) is 3.97. The molecule has 78 valence electrons. The van der Waals surface area contributed by atoms with E-state index >= 15 is 0 Å². The van der Waals surface area contributed by atoms with Gasteiger partial charge in [0.1, 0.15) is 0 Å². The number of hydrogen-bond donors (Lipinski definition) is 2. The lowest BCUT2D eigenvalue weighted by Gasteiger charge is -2.14. The average Bonchev–Trinajstić information content (AvgIpc) is 2.16. The number of carbonyl (C=O) groups is 1. The third kappa shape index (κ3) is 2.90. The predicted octanol–water partition coefficient (Wildman–Crippen LogP) is 1.08. The number of urea groups is 1. The van der Waals surface area contributed by atoms with Gasteiger partial charge < -0.3 is 11.5 Å². The molecule has 0 aliphatic carbocycles. The van der Waals surface area contributed by atoms with Gasteiger partial charge in [-0.2, -0.15) is 0 Å². The van der Waals surface area contributed by atoms with Gasteiger partial charge in [0.25, 0.3) is 0 Å². The van der Waals surface area contributed by atoms with Gasteiger partial charge >= 0.3 is 6.03 Å². The lowest BCUT2D eigenvalue weighted by Crippen LogP contribution is -2.31. The van der Waals surface area contributed by atoms with E-state index in [1.54, 1.807) is 7.05 Å². The van der Waals surface area contributed by atoms with Gasteiger partial charge in [-0.1, -0.05) is 12.1 Å². The summed E-state index contributed by atoms with van der Waals surface area (Å²) in [6.45, 7) is 0.459. The van der Waals surface area contributed by atoms with Crippen LogP contribution in [0.4, 0.5) is 10.5 Å². The van der Waals surface area contributed by atoms with Gasteiger partial charge in [-0.15, -0.1) is 12.4 Å². The third-order valence-corrected chi connectivity index (χ3v) is 1.86. The second-order valence-electron chi connectivity index (χ2n) is 2.77. The molecule has 0 unspecified atom stereocenters. The molecule has 4 N–H and O–H groups in total. The third-order valence-electron chi connectivity index (χ3n) is 1.86. The van der Waals surface area contributed by atoms with E-state index in [2.05, 4.69) is 0 Å². The minimum atomic E-state index is -0.478. The van der Waals surface area contributed by atoms with Crippen LogP contribution in [0.25, 0.3) is 0 Å². The molecule has 1 aromatic rings. The molecule has 5 heteroatoms. The first kappa shape index (κ1) is 12.7. The highest BCUT2D eigenvalue weighted by atomic mass is 35.5. The van der Waals surface area contributed by atoms with Crippen molar-refractivity contribution in [1.82, 2.24) is 0 Å². The van der Waals surface area contributed by atoms with Crippen molar-refractivity contribution >= 4 is 24.1 Å². The summed E-state index contributed by atoms with van der Waals surface area (Å²) >= 11 is 0. The Morgan fingerprint density at radius 2 is 2.14 bits per heavy atom. The standard InChI is InChI=1S/C9H13N3O.ClH/c1-12(9(11)13)8-4-2-3-7(5-8)6-10;/h2-5H,6,10H2,1H3,(H2,11,13);1H. The topological polar surface area (TPSA) is 72.3 Å². The second-order valence-corrected chi connectivity index (χ2v) is 2.77. The van der Waals surface area contributed by atoms with E-state index < -0.39 is 6.03 Å². The maximum atomic E-state index is 10.8. The fraction of sp³-hybridized carbons (Fsp3) is 0.222. The highest BCUT2D eigenvalue weighted by molar-refractivity contribution is 5.90. The van der Waals surface area contributed by atoms with E-state index in [4.69, 9.17) is 11.5 Å². The van der Waals surface area contributed by atoms with Crippen LogP contribution in [-0.2, 0) is 6.54 Å². The highest BCUT2D eigenvalue weighted by Gasteiger charge is 2.05. The Kier molecular flexibility index (Phi) is 4.97. The number of amides is 2. The molecule has 0 aliphatic heterocycles. The first-order valence-electron chi connectivity index (χ1n) is 3.97. The van der Waals surface area contributed by atoms with Gasteiger partial charge in [-0.3, -0.25) is 4.90 Å². The summed E-state index contributed by atoms with van der Waals surface area (Å²) in [5.74, 6) is 0. The monoisotopic (exact) mass is 215 g/mol. The Balaban J connectivity index is 0.00000169. The van der Waals surface area contributed by atoms with Crippen molar-refractivity contribution in [3.8, 4) is 0 Å². The summed E-state index contributed by atoms with van der Waals surface area (Å²) in [7, 11) is 1.62. The van der Waals surface area contributed by atoms with Crippen molar-refractivity contribution in [2.45, 2.75) is 6.54 Å². The number of benzene rings is 1. The maximum Gasteiger partial charge on any atom is 0.318 e. The van der Waals surface area contributed by atoms with E-state index in [1.807, 2.05) is 24.3 Å². The summed E-state index contributed by atoms with van der Waals surface area (Å²) < 4.78 is 0. The molecule has 0 heterocycles. The molecule has 1 aromatic carbocycles. The van der Waals surface area contributed by atoms with Crippen LogP contribution in [0.1, 0.15) is 5.56 Å². The molecular weight excluding hydrogens is 202 g/mol. The van der Waals surface area contributed by atoms with E-state index in [0.29, 0.717) is 6.54 Å². The fourth-order valence-electron chi connectivity index (χ4n) is 1.02. The Morgan fingerprint density at radius 1 is 1.50 bits per heavy atom. The zero-order chi connectivity index (χ0) is 9.84. The number of rotatable bonds is 2. The van der Waals surface area contributed by atoms with Crippen molar-refractivity contribution in [2.75, 3.05) is 11.9 Å².